The predicted molar refractivity (Wildman–Crippen MR) is 74.7 cm³/mol. The maximum atomic E-state index is 12.1. The van der Waals surface area contributed by atoms with Gasteiger partial charge in [0.25, 0.3) is 0 Å². The molecule has 3 atom stereocenters. The first kappa shape index (κ1) is 14.0. The number of hydrogen-bond acceptors (Lipinski definition) is 3. The van der Waals surface area contributed by atoms with Crippen molar-refractivity contribution in [1.82, 2.24) is 10.6 Å². The van der Waals surface area contributed by atoms with E-state index < -0.39 is 0 Å². The van der Waals surface area contributed by atoms with Crippen LogP contribution in [0.3, 0.4) is 0 Å². The van der Waals surface area contributed by atoms with E-state index >= 15 is 0 Å². The zero-order chi connectivity index (χ0) is 13.7. The highest BCUT2D eigenvalue weighted by molar-refractivity contribution is 5.82. The number of hydrogen-bond donors (Lipinski definition) is 3. The third kappa shape index (κ3) is 3.78. The average molecular weight is 262 g/mol. The summed E-state index contributed by atoms with van der Waals surface area (Å²) in [4.78, 5) is 12.1. The van der Waals surface area contributed by atoms with E-state index in [0.717, 1.165) is 18.5 Å². The van der Waals surface area contributed by atoms with Crippen LogP contribution in [-0.2, 0) is 11.2 Å². The fourth-order valence-electron chi connectivity index (χ4n) is 2.54. The van der Waals surface area contributed by atoms with Gasteiger partial charge in [-0.25, -0.2) is 0 Å². The molecule has 1 saturated heterocycles. The Labute approximate surface area is 114 Å². The minimum atomic E-state index is -0.218. The second-order valence-corrected chi connectivity index (χ2v) is 5.28. The van der Waals surface area contributed by atoms with E-state index in [2.05, 4.69) is 17.6 Å². The molecular weight excluding hydrogens is 240 g/mol. The molecule has 104 valence electrons. The third-order valence-electron chi connectivity index (χ3n) is 3.71. The second kappa shape index (κ2) is 6.68. The molecule has 0 aliphatic carbocycles. The summed E-state index contributed by atoms with van der Waals surface area (Å²) in [6, 6.07) is 9.56. The largest absolute Gasteiger partial charge is 0.394 e. The van der Waals surface area contributed by atoms with Crippen LogP contribution >= 0.6 is 0 Å². The molecule has 0 aromatic heterocycles. The molecule has 3 N–H and O–H groups in total. The van der Waals surface area contributed by atoms with Crippen LogP contribution < -0.4 is 10.6 Å². The van der Waals surface area contributed by atoms with Gasteiger partial charge in [-0.05, 0) is 30.9 Å². The van der Waals surface area contributed by atoms with Crippen LogP contribution in [0.15, 0.2) is 30.3 Å². The lowest BCUT2D eigenvalue weighted by molar-refractivity contribution is -0.124. The second-order valence-electron chi connectivity index (χ2n) is 5.28. The van der Waals surface area contributed by atoms with Gasteiger partial charge in [-0.3, -0.25) is 4.79 Å². The number of benzene rings is 1. The summed E-state index contributed by atoms with van der Waals surface area (Å²) in [6.07, 6.45) is 1.69. The standard InChI is InChI=1S/C15H22N2O2/c1-11-7-8-16-14(11)15(19)17-13(10-18)9-12-5-3-2-4-6-12/h2-6,11,13-14,16,18H,7-10H2,1H3,(H,17,19)/t11?,13-,14?/m1/s1. The van der Waals surface area contributed by atoms with E-state index in [0.29, 0.717) is 12.3 Å². The molecule has 4 nitrogen and oxygen atoms in total. The summed E-state index contributed by atoms with van der Waals surface area (Å²) in [7, 11) is 0. The van der Waals surface area contributed by atoms with Gasteiger partial charge in [0.05, 0.1) is 18.7 Å². The molecular formula is C15H22N2O2. The van der Waals surface area contributed by atoms with Crippen LogP contribution in [0, 0.1) is 5.92 Å². The Morgan fingerprint density at radius 3 is 2.79 bits per heavy atom. The molecule has 0 bridgehead atoms. The number of carbonyl (C=O) groups is 1. The van der Waals surface area contributed by atoms with Gasteiger partial charge in [-0.2, -0.15) is 0 Å². The number of carbonyl (C=O) groups excluding carboxylic acids is 1. The molecule has 1 aliphatic heterocycles. The molecule has 0 spiro atoms. The summed E-state index contributed by atoms with van der Waals surface area (Å²) in [6.45, 7) is 2.93. The third-order valence-corrected chi connectivity index (χ3v) is 3.71. The summed E-state index contributed by atoms with van der Waals surface area (Å²) >= 11 is 0. The Bertz CT molecular complexity index is 408. The Balaban J connectivity index is 1.90. The first-order valence-electron chi connectivity index (χ1n) is 6.89. The van der Waals surface area contributed by atoms with Crippen molar-refractivity contribution in [2.75, 3.05) is 13.2 Å². The molecule has 2 unspecified atom stereocenters. The minimum Gasteiger partial charge on any atom is -0.394 e. The van der Waals surface area contributed by atoms with Gasteiger partial charge in [0.1, 0.15) is 0 Å². The fraction of sp³-hybridized carbons (Fsp3) is 0.533. The number of rotatable bonds is 5. The maximum Gasteiger partial charge on any atom is 0.237 e. The normalized spacial score (nSPS) is 24.1. The highest BCUT2D eigenvalue weighted by Crippen LogP contribution is 2.14. The highest BCUT2D eigenvalue weighted by Gasteiger charge is 2.30. The van der Waals surface area contributed by atoms with Gasteiger partial charge in [0.2, 0.25) is 5.91 Å². The predicted octanol–water partition coefficient (Wildman–Crippen LogP) is 0.704. The number of amides is 1. The van der Waals surface area contributed by atoms with Crippen molar-refractivity contribution in [3.8, 4) is 0 Å². The van der Waals surface area contributed by atoms with E-state index in [1.54, 1.807) is 0 Å². The number of aliphatic hydroxyl groups excluding tert-OH is 1. The molecule has 1 aromatic rings. The van der Waals surface area contributed by atoms with E-state index in [9.17, 15) is 9.90 Å². The Morgan fingerprint density at radius 2 is 2.21 bits per heavy atom. The minimum absolute atomic E-state index is 0.0000175. The molecule has 1 fully saturated rings. The van der Waals surface area contributed by atoms with Crippen molar-refractivity contribution in [2.45, 2.75) is 31.8 Å². The Kier molecular flexibility index (Phi) is 4.93. The van der Waals surface area contributed by atoms with Crippen molar-refractivity contribution in [3.63, 3.8) is 0 Å². The summed E-state index contributed by atoms with van der Waals surface area (Å²) in [5.41, 5.74) is 1.12. The topological polar surface area (TPSA) is 61.4 Å². The summed E-state index contributed by atoms with van der Waals surface area (Å²) < 4.78 is 0. The molecule has 2 rings (SSSR count). The van der Waals surface area contributed by atoms with Gasteiger partial charge in [-0.1, -0.05) is 37.3 Å². The molecule has 1 amide bonds. The van der Waals surface area contributed by atoms with Crippen molar-refractivity contribution >= 4 is 5.91 Å². The van der Waals surface area contributed by atoms with Crippen LogP contribution in [0.25, 0.3) is 0 Å². The van der Waals surface area contributed by atoms with Gasteiger partial charge in [0, 0.05) is 0 Å². The monoisotopic (exact) mass is 262 g/mol. The van der Waals surface area contributed by atoms with E-state index in [4.69, 9.17) is 0 Å². The zero-order valence-corrected chi connectivity index (χ0v) is 11.3. The lowest BCUT2D eigenvalue weighted by atomic mass is 10.0. The Hall–Kier alpha value is -1.39. The van der Waals surface area contributed by atoms with Crippen molar-refractivity contribution in [2.24, 2.45) is 5.92 Å². The fourth-order valence-corrected chi connectivity index (χ4v) is 2.54. The van der Waals surface area contributed by atoms with E-state index in [1.165, 1.54) is 0 Å². The molecule has 0 saturated carbocycles. The SMILES string of the molecule is CC1CCNC1C(=O)N[C@@H](CO)Cc1ccccc1. The molecule has 19 heavy (non-hydrogen) atoms. The lowest BCUT2D eigenvalue weighted by Crippen LogP contribution is -2.49. The molecule has 1 aromatic carbocycles. The highest BCUT2D eigenvalue weighted by atomic mass is 16.3. The quantitative estimate of drug-likeness (QED) is 0.732. The zero-order valence-electron chi connectivity index (χ0n) is 11.3. The first-order valence-corrected chi connectivity index (χ1v) is 6.89. The lowest BCUT2D eigenvalue weighted by Gasteiger charge is -2.21. The van der Waals surface area contributed by atoms with Gasteiger partial charge in [0.15, 0.2) is 0 Å². The maximum absolute atomic E-state index is 12.1. The number of nitrogens with one attached hydrogen (secondary N) is 2. The molecule has 1 aliphatic rings. The van der Waals surface area contributed by atoms with Crippen molar-refractivity contribution < 1.29 is 9.90 Å². The van der Waals surface area contributed by atoms with Crippen molar-refractivity contribution in [3.05, 3.63) is 35.9 Å². The van der Waals surface area contributed by atoms with Gasteiger partial charge >= 0.3 is 0 Å². The summed E-state index contributed by atoms with van der Waals surface area (Å²) in [5.74, 6) is 0.357. The Morgan fingerprint density at radius 1 is 1.47 bits per heavy atom. The van der Waals surface area contributed by atoms with Crippen LogP contribution in [0.2, 0.25) is 0 Å². The average Bonchev–Trinajstić information content (AvgIpc) is 2.85. The molecule has 4 heteroatoms. The number of aliphatic hydroxyl groups is 1. The van der Waals surface area contributed by atoms with Crippen LogP contribution in [-0.4, -0.2) is 36.2 Å². The molecule has 1 heterocycles. The smallest absolute Gasteiger partial charge is 0.237 e. The van der Waals surface area contributed by atoms with Gasteiger partial charge in [-0.15, -0.1) is 0 Å². The van der Waals surface area contributed by atoms with Crippen molar-refractivity contribution in [1.29, 1.82) is 0 Å². The van der Waals surface area contributed by atoms with E-state index in [1.807, 2.05) is 30.3 Å². The summed E-state index contributed by atoms with van der Waals surface area (Å²) in [5, 5.41) is 15.6. The van der Waals surface area contributed by atoms with Crippen LogP contribution in [0.5, 0.6) is 0 Å². The van der Waals surface area contributed by atoms with E-state index in [-0.39, 0.29) is 24.6 Å². The van der Waals surface area contributed by atoms with Crippen LogP contribution in [0.4, 0.5) is 0 Å². The van der Waals surface area contributed by atoms with Crippen LogP contribution in [0.1, 0.15) is 18.9 Å². The first-order chi connectivity index (χ1) is 9.20. The van der Waals surface area contributed by atoms with Gasteiger partial charge < -0.3 is 15.7 Å². The molecule has 0 radical (unpaired) electrons.